The van der Waals surface area contributed by atoms with E-state index < -0.39 is 5.60 Å². The van der Waals surface area contributed by atoms with Crippen molar-refractivity contribution in [3.8, 4) is 5.75 Å². The molecule has 1 aliphatic rings. The molecule has 0 aliphatic carbocycles. The third-order valence-electron chi connectivity index (χ3n) is 2.89. The first-order valence-electron chi connectivity index (χ1n) is 6.18. The van der Waals surface area contributed by atoms with Crippen LogP contribution in [0.4, 0.5) is 4.79 Å². The lowest BCUT2D eigenvalue weighted by Gasteiger charge is -2.24. The average Bonchev–Trinajstić information content (AvgIpc) is 2.64. The Balaban J connectivity index is 2.21. The lowest BCUT2D eigenvalue weighted by molar-refractivity contribution is 0.0352. The average molecular weight is 261 g/mol. The predicted molar refractivity (Wildman–Crippen MR) is 73.8 cm³/mol. The smallest absolute Gasteiger partial charge is 0.415 e. The minimum absolute atomic E-state index is 0.368. The fourth-order valence-corrected chi connectivity index (χ4v) is 2.01. The monoisotopic (exact) mass is 261 g/mol. The first-order chi connectivity index (χ1) is 8.81. The predicted octanol–water partition coefficient (Wildman–Crippen LogP) is 3.42. The molecule has 2 rings (SSSR count). The molecule has 1 heterocycles. The summed E-state index contributed by atoms with van der Waals surface area (Å²) in [4.78, 5) is 13.7. The summed E-state index contributed by atoms with van der Waals surface area (Å²) in [6, 6.07) is 5.70. The first-order valence-corrected chi connectivity index (χ1v) is 6.18. The van der Waals surface area contributed by atoms with Gasteiger partial charge < -0.3 is 9.47 Å². The second kappa shape index (κ2) is 4.61. The Morgan fingerprint density at radius 1 is 1.37 bits per heavy atom. The van der Waals surface area contributed by atoms with Gasteiger partial charge in [0, 0.05) is 11.3 Å². The molecular weight excluding hydrogens is 242 g/mol. The van der Waals surface area contributed by atoms with Crippen molar-refractivity contribution in [1.82, 2.24) is 4.90 Å². The zero-order valence-corrected chi connectivity index (χ0v) is 11.8. The normalized spacial score (nSPS) is 14.3. The number of ether oxygens (including phenoxy) is 2. The first kappa shape index (κ1) is 13.5. The van der Waals surface area contributed by atoms with Gasteiger partial charge in [0.25, 0.3) is 0 Å². The molecule has 0 bridgehead atoms. The number of rotatable bonds is 1. The van der Waals surface area contributed by atoms with Crippen molar-refractivity contribution in [2.45, 2.75) is 32.9 Å². The van der Waals surface area contributed by atoms with Crippen LogP contribution in [-0.4, -0.2) is 23.7 Å². The van der Waals surface area contributed by atoms with Gasteiger partial charge in [-0.25, -0.2) is 4.79 Å². The molecule has 1 aliphatic heterocycles. The van der Waals surface area contributed by atoms with Gasteiger partial charge >= 0.3 is 6.09 Å². The molecule has 19 heavy (non-hydrogen) atoms. The Kier molecular flexibility index (Phi) is 3.27. The largest absolute Gasteiger partial charge is 0.497 e. The van der Waals surface area contributed by atoms with E-state index in [1.165, 1.54) is 0 Å². The highest BCUT2D eigenvalue weighted by Crippen LogP contribution is 2.34. The van der Waals surface area contributed by atoms with Gasteiger partial charge in [0.1, 0.15) is 11.4 Å². The number of nitrogens with zero attached hydrogens (tertiary/aromatic N) is 1. The van der Waals surface area contributed by atoms with Crippen molar-refractivity contribution in [2.24, 2.45) is 0 Å². The SMILES string of the molecule is C=C1c2ccc(OC)cc2CN1C(=O)OC(C)(C)C. The molecule has 0 saturated carbocycles. The van der Waals surface area contributed by atoms with E-state index in [4.69, 9.17) is 9.47 Å². The van der Waals surface area contributed by atoms with Gasteiger partial charge in [0.05, 0.1) is 13.7 Å². The minimum Gasteiger partial charge on any atom is -0.497 e. The van der Waals surface area contributed by atoms with Crippen molar-refractivity contribution in [3.05, 3.63) is 35.9 Å². The van der Waals surface area contributed by atoms with E-state index in [1.807, 2.05) is 39.0 Å². The van der Waals surface area contributed by atoms with Crippen LogP contribution in [0.15, 0.2) is 24.8 Å². The summed E-state index contributed by atoms with van der Waals surface area (Å²) in [5, 5.41) is 0. The lowest BCUT2D eigenvalue weighted by atomic mass is 10.1. The molecule has 0 aromatic heterocycles. The number of methoxy groups -OCH3 is 1. The fraction of sp³-hybridized carbons (Fsp3) is 0.400. The Morgan fingerprint density at radius 3 is 2.63 bits per heavy atom. The topological polar surface area (TPSA) is 38.8 Å². The molecule has 0 unspecified atom stereocenters. The fourth-order valence-electron chi connectivity index (χ4n) is 2.01. The molecule has 4 nitrogen and oxygen atoms in total. The molecule has 0 radical (unpaired) electrons. The van der Waals surface area contributed by atoms with Crippen LogP contribution >= 0.6 is 0 Å². The molecule has 0 spiro atoms. The summed E-state index contributed by atoms with van der Waals surface area (Å²) in [5.41, 5.74) is 2.15. The second-order valence-corrected chi connectivity index (χ2v) is 5.54. The van der Waals surface area contributed by atoms with E-state index in [2.05, 4.69) is 6.58 Å². The minimum atomic E-state index is -0.510. The van der Waals surface area contributed by atoms with Crippen LogP contribution in [0, 0.1) is 0 Å². The molecule has 1 aromatic carbocycles. The Morgan fingerprint density at radius 2 is 2.05 bits per heavy atom. The highest BCUT2D eigenvalue weighted by molar-refractivity contribution is 5.85. The van der Waals surface area contributed by atoms with Crippen LogP contribution in [0.3, 0.4) is 0 Å². The van der Waals surface area contributed by atoms with Crippen LogP contribution in [0.2, 0.25) is 0 Å². The van der Waals surface area contributed by atoms with Crippen LogP contribution < -0.4 is 4.74 Å². The van der Waals surface area contributed by atoms with E-state index in [0.29, 0.717) is 12.2 Å². The number of benzene rings is 1. The summed E-state index contributed by atoms with van der Waals surface area (Å²) in [6.07, 6.45) is -0.368. The van der Waals surface area contributed by atoms with E-state index in [0.717, 1.165) is 16.9 Å². The molecule has 0 N–H and O–H groups in total. The number of hydrogen-bond acceptors (Lipinski definition) is 3. The third kappa shape index (κ3) is 2.72. The highest BCUT2D eigenvalue weighted by Gasteiger charge is 2.31. The summed E-state index contributed by atoms with van der Waals surface area (Å²) in [7, 11) is 1.62. The van der Waals surface area contributed by atoms with Gasteiger partial charge in [0.2, 0.25) is 0 Å². The van der Waals surface area contributed by atoms with Crippen LogP contribution in [0.1, 0.15) is 31.9 Å². The van der Waals surface area contributed by atoms with Gasteiger partial charge in [-0.05, 0) is 44.5 Å². The lowest BCUT2D eigenvalue weighted by Crippen LogP contribution is -2.32. The van der Waals surface area contributed by atoms with Gasteiger partial charge in [-0.1, -0.05) is 6.58 Å². The van der Waals surface area contributed by atoms with Gasteiger partial charge in [0.15, 0.2) is 0 Å². The third-order valence-corrected chi connectivity index (χ3v) is 2.89. The quantitative estimate of drug-likeness (QED) is 0.777. The molecular formula is C15H19NO3. The summed E-state index contributed by atoms with van der Waals surface area (Å²) in [6.45, 7) is 9.98. The van der Waals surface area contributed by atoms with Crippen LogP contribution in [0.25, 0.3) is 5.70 Å². The zero-order valence-electron chi connectivity index (χ0n) is 11.8. The van der Waals surface area contributed by atoms with Crippen molar-refractivity contribution < 1.29 is 14.3 Å². The number of carbonyl (C=O) groups is 1. The molecule has 0 saturated heterocycles. The second-order valence-electron chi connectivity index (χ2n) is 5.54. The van der Waals surface area contributed by atoms with E-state index in [9.17, 15) is 4.79 Å². The summed E-state index contributed by atoms with van der Waals surface area (Å²) >= 11 is 0. The maximum atomic E-state index is 12.1. The van der Waals surface area contributed by atoms with E-state index in [1.54, 1.807) is 12.0 Å². The van der Waals surface area contributed by atoms with Crippen LogP contribution in [-0.2, 0) is 11.3 Å². The molecule has 1 aromatic rings. The number of fused-ring (bicyclic) bond motifs is 1. The zero-order chi connectivity index (χ0) is 14.2. The van der Waals surface area contributed by atoms with Gasteiger partial charge in [-0.3, -0.25) is 4.90 Å². The Labute approximate surface area is 113 Å². The van der Waals surface area contributed by atoms with Gasteiger partial charge in [-0.2, -0.15) is 0 Å². The highest BCUT2D eigenvalue weighted by atomic mass is 16.6. The number of carbonyl (C=O) groups excluding carboxylic acids is 1. The number of hydrogen-bond donors (Lipinski definition) is 0. The van der Waals surface area contributed by atoms with Gasteiger partial charge in [-0.15, -0.1) is 0 Å². The number of amides is 1. The molecule has 4 heteroatoms. The Hall–Kier alpha value is -1.97. The summed E-state index contributed by atoms with van der Waals surface area (Å²) in [5.74, 6) is 0.776. The summed E-state index contributed by atoms with van der Waals surface area (Å²) < 4.78 is 10.6. The van der Waals surface area contributed by atoms with E-state index >= 15 is 0 Å². The molecule has 1 amide bonds. The van der Waals surface area contributed by atoms with E-state index in [-0.39, 0.29) is 6.09 Å². The van der Waals surface area contributed by atoms with Crippen molar-refractivity contribution in [1.29, 1.82) is 0 Å². The molecule has 102 valence electrons. The standard InChI is InChI=1S/C15H19NO3/c1-10-13-7-6-12(18-5)8-11(13)9-16(10)14(17)19-15(2,3)4/h6-8H,1,9H2,2-5H3. The molecule has 0 fully saturated rings. The molecule has 0 atom stereocenters. The van der Waals surface area contributed by atoms with Crippen LogP contribution in [0.5, 0.6) is 5.75 Å². The van der Waals surface area contributed by atoms with Crippen molar-refractivity contribution in [3.63, 3.8) is 0 Å². The van der Waals surface area contributed by atoms with Crippen molar-refractivity contribution >= 4 is 11.8 Å². The Bertz CT molecular complexity index is 529. The maximum absolute atomic E-state index is 12.1. The maximum Gasteiger partial charge on any atom is 0.415 e. The van der Waals surface area contributed by atoms with Crippen molar-refractivity contribution in [2.75, 3.05) is 7.11 Å².